The van der Waals surface area contributed by atoms with Crippen molar-refractivity contribution in [2.24, 2.45) is 5.92 Å². The van der Waals surface area contributed by atoms with Crippen molar-refractivity contribution >= 4 is 0 Å². The quantitative estimate of drug-likeness (QED) is 0.602. The third kappa shape index (κ3) is 1.29. The van der Waals surface area contributed by atoms with Crippen LogP contribution in [0.15, 0.2) is 0 Å². The van der Waals surface area contributed by atoms with E-state index < -0.39 is 18.0 Å². The van der Waals surface area contributed by atoms with Crippen molar-refractivity contribution in [3.63, 3.8) is 0 Å². The molecule has 4 heteroatoms. The highest BCUT2D eigenvalue weighted by molar-refractivity contribution is 4.95. The Kier molecular flexibility index (Phi) is 2.11. The summed E-state index contributed by atoms with van der Waals surface area (Å²) in [5, 5.41) is 19.1. The van der Waals surface area contributed by atoms with Gasteiger partial charge in [0.2, 0.25) is 0 Å². The van der Waals surface area contributed by atoms with Gasteiger partial charge in [-0.3, -0.25) is 0 Å². The maximum atomic E-state index is 9.56. The predicted octanol–water partition coefficient (Wildman–Crippen LogP) is -0.120. The number of hydrogen-bond acceptors (Lipinski definition) is 4. The van der Waals surface area contributed by atoms with Crippen molar-refractivity contribution in [2.45, 2.75) is 44.4 Å². The lowest BCUT2D eigenvalue weighted by molar-refractivity contribution is -0.257. The zero-order valence-corrected chi connectivity index (χ0v) is 7.93. The fourth-order valence-electron chi connectivity index (χ4n) is 2.02. The zero-order valence-electron chi connectivity index (χ0n) is 7.93. The van der Waals surface area contributed by atoms with Gasteiger partial charge in [-0.25, -0.2) is 0 Å². The Morgan fingerprint density at radius 1 is 1.38 bits per heavy atom. The molecule has 0 aromatic heterocycles. The van der Waals surface area contributed by atoms with Crippen LogP contribution < -0.4 is 0 Å². The smallest absolute Gasteiger partial charge is 0.173 e. The maximum Gasteiger partial charge on any atom is 0.173 e. The Balaban J connectivity index is 2.19. The second-order valence-electron chi connectivity index (χ2n) is 4.20. The van der Waals surface area contributed by atoms with Crippen LogP contribution in [-0.4, -0.2) is 40.9 Å². The molecule has 0 saturated carbocycles. The van der Waals surface area contributed by atoms with Gasteiger partial charge in [0.05, 0.1) is 12.7 Å². The SMILES string of the molecule is CC(C)C12CC(O)C(O)C(CO1)O2. The number of rotatable bonds is 1. The lowest BCUT2D eigenvalue weighted by atomic mass is 9.91. The van der Waals surface area contributed by atoms with E-state index in [1.54, 1.807) is 0 Å². The molecule has 2 aliphatic heterocycles. The molecule has 4 unspecified atom stereocenters. The normalized spacial score (nSPS) is 50.1. The lowest BCUT2D eigenvalue weighted by Gasteiger charge is -2.39. The topological polar surface area (TPSA) is 58.9 Å². The third-order valence-corrected chi connectivity index (χ3v) is 2.99. The van der Waals surface area contributed by atoms with Gasteiger partial charge < -0.3 is 19.7 Å². The molecule has 0 radical (unpaired) electrons. The molecule has 76 valence electrons. The van der Waals surface area contributed by atoms with Crippen molar-refractivity contribution in [1.29, 1.82) is 0 Å². The summed E-state index contributed by atoms with van der Waals surface area (Å²) in [6.45, 7) is 4.37. The Hall–Kier alpha value is -0.160. The molecule has 0 aromatic rings. The Morgan fingerprint density at radius 2 is 2.08 bits per heavy atom. The molecular formula is C9H16O4. The standard InChI is InChI=1S/C9H16O4/c1-5(2)9-3-6(10)8(11)7(13-9)4-12-9/h5-8,10-11H,3-4H2,1-2H3. The predicted molar refractivity (Wildman–Crippen MR) is 45.0 cm³/mol. The van der Waals surface area contributed by atoms with E-state index in [-0.39, 0.29) is 12.0 Å². The molecule has 0 aliphatic carbocycles. The van der Waals surface area contributed by atoms with E-state index in [0.717, 1.165) is 0 Å². The first-order valence-corrected chi connectivity index (χ1v) is 4.73. The largest absolute Gasteiger partial charge is 0.390 e. The highest BCUT2D eigenvalue weighted by atomic mass is 16.8. The Labute approximate surface area is 77.5 Å². The summed E-state index contributed by atoms with van der Waals surface area (Å²) in [6, 6.07) is 0. The van der Waals surface area contributed by atoms with Crippen LogP contribution in [0.2, 0.25) is 0 Å². The van der Waals surface area contributed by atoms with Gasteiger partial charge in [-0.1, -0.05) is 13.8 Å². The number of fused-ring (bicyclic) bond motifs is 2. The molecule has 13 heavy (non-hydrogen) atoms. The van der Waals surface area contributed by atoms with E-state index in [2.05, 4.69) is 0 Å². The summed E-state index contributed by atoms with van der Waals surface area (Å²) in [5.74, 6) is -0.469. The van der Waals surface area contributed by atoms with E-state index in [1.165, 1.54) is 0 Å². The van der Waals surface area contributed by atoms with Crippen LogP contribution in [0.25, 0.3) is 0 Å². The molecule has 2 heterocycles. The first-order chi connectivity index (χ1) is 6.05. The molecule has 2 N–H and O–H groups in total. The van der Waals surface area contributed by atoms with Crippen LogP contribution in [0, 0.1) is 5.92 Å². The number of ether oxygens (including phenoxy) is 2. The van der Waals surface area contributed by atoms with E-state index in [4.69, 9.17) is 9.47 Å². The molecule has 0 amide bonds. The van der Waals surface area contributed by atoms with Crippen LogP contribution in [0.4, 0.5) is 0 Å². The Bertz CT molecular complexity index is 206. The second-order valence-corrected chi connectivity index (χ2v) is 4.20. The van der Waals surface area contributed by atoms with Gasteiger partial charge in [0.15, 0.2) is 5.79 Å². The minimum Gasteiger partial charge on any atom is -0.390 e. The minimum absolute atomic E-state index is 0.194. The minimum atomic E-state index is -0.797. The molecule has 4 nitrogen and oxygen atoms in total. The van der Waals surface area contributed by atoms with Crippen LogP contribution in [0.3, 0.4) is 0 Å². The van der Waals surface area contributed by atoms with Gasteiger partial charge in [-0.2, -0.15) is 0 Å². The summed E-state index contributed by atoms with van der Waals surface area (Å²) < 4.78 is 11.1. The van der Waals surface area contributed by atoms with Crippen molar-refractivity contribution in [3.05, 3.63) is 0 Å². The molecular weight excluding hydrogens is 172 g/mol. The van der Waals surface area contributed by atoms with Gasteiger partial charge in [0, 0.05) is 12.3 Å². The van der Waals surface area contributed by atoms with Crippen molar-refractivity contribution in [3.8, 4) is 0 Å². The average Bonchev–Trinajstić information content (AvgIpc) is 2.43. The van der Waals surface area contributed by atoms with Crippen LogP contribution in [0.5, 0.6) is 0 Å². The van der Waals surface area contributed by atoms with Crippen molar-refractivity contribution in [2.75, 3.05) is 6.61 Å². The number of aliphatic hydroxyl groups excluding tert-OH is 2. The van der Waals surface area contributed by atoms with E-state index in [9.17, 15) is 10.2 Å². The Morgan fingerprint density at radius 3 is 2.69 bits per heavy atom. The van der Waals surface area contributed by atoms with E-state index in [1.807, 2.05) is 13.8 Å². The lowest BCUT2D eigenvalue weighted by Crippen LogP contribution is -2.51. The summed E-state index contributed by atoms with van der Waals surface area (Å²) in [7, 11) is 0. The first-order valence-electron chi connectivity index (χ1n) is 4.73. The fraction of sp³-hybridized carbons (Fsp3) is 1.00. The molecule has 2 saturated heterocycles. The van der Waals surface area contributed by atoms with E-state index in [0.29, 0.717) is 13.0 Å². The van der Waals surface area contributed by atoms with Gasteiger partial charge >= 0.3 is 0 Å². The molecule has 0 aromatic carbocycles. The summed E-state index contributed by atoms with van der Waals surface area (Å²) in [4.78, 5) is 0. The third-order valence-electron chi connectivity index (χ3n) is 2.99. The molecule has 2 bridgehead atoms. The monoisotopic (exact) mass is 188 g/mol. The molecule has 2 fully saturated rings. The van der Waals surface area contributed by atoms with Crippen molar-refractivity contribution in [1.82, 2.24) is 0 Å². The molecule has 0 spiro atoms. The van der Waals surface area contributed by atoms with Gasteiger partial charge in [0.1, 0.15) is 12.2 Å². The van der Waals surface area contributed by atoms with Gasteiger partial charge in [0.25, 0.3) is 0 Å². The summed E-state index contributed by atoms with van der Waals surface area (Å²) >= 11 is 0. The van der Waals surface area contributed by atoms with Gasteiger partial charge in [-0.05, 0) is 0 Å². The molecule has 4 atom stereocenters. The average molecular weight is 188 g/mol. The second kappa shape index (κ2) is 2.92. The van der Waals surface area contributed by atoms with Crippen LogP contribution in [0.1, 0.15) is 20.3 Å². The van der Waals surface area contributed by atoms with E-state index >= 15 is 0 Å². The zero-order chi connectivity index (χ0) is 9.64. The fourth-order valence-corrected chi connectivity index (χ4v) is 2.02. The highest BCUT2D eigenvalue weighted by Gasteiger charge is 2.53. The van der Waals surface area contributed by atoms with Crippen molar-refractivity contribution < 1.29 is 19.7 Å². The van der Waals surface area contributed by atoms with Crippen LogP contribution in [-0.2, 0) is 9.47 Å². The number of hydrogen-bond donors (Lipinski definition) is 2. The highest BCUT2D eigenvalue weighted by Crippen LogP contribution is 2.41. The van der Waals surface area contributed by atoms with Crippen LogP contribution >= 0.6 is 0 Å². The summed E-state index contributed by atoms with van der Waals surface area (Å²) in [6.07, 6.45) is -1.51. The maximum absolute atomic E-state index is 9.56. The molecule has 2 aliphatic rings. The molecule has 2 rings (SSSR count). The summed E-state index contributed by atoms with van der Waals surface area (Å²) in [5.41, 5.74) is 0. The van der Waals surface area contributed by atoms with Gasteiger partial charge in [-0.15, -0.1) is 0 Å². The first kappa shape index (κ1) is 9.40. The number of aliphatic hydroxyl groups is 2.